The lowest BCUT2D eigenvalue weighted by Gasteiger charge is -2.06. The molecule has 0 spiro atoms. The van der Waals surface area contributed by atoms with Crippen LogP contribution in [0.3, 0.4) is 0 Å². The van der Waals surface area contributed by atoms with Crippen molar-refractivity contribution in [3.63, 3.8) is 0 Å². The molecule has 0 aliphatic heterocycles. The van der Waals surface area contributed by atoms with Gasteiger partial charge in [0.2, 0.25) is 0 Å². The van der Waals surface area contributed by atoms with E-state index in [1.165, 1.54) is 6.42 Å². The summed E-state index contributed by atoms with van der Waals surface area (Å²) in [4.78, 5) is 10.6. The SMILES string of the molecule is CC1(C)CC1n1cccc1C=O. The average Bonchev–Trinajstić information content (AvgIpc) is 2.51. The van der Waals surface area contributed by atoms with Crippen molar-refractivity contribution in [2.45, 2.75) is 26.3 Å². The summed E-state index contributed by atoms with van der Waals surface area (Å²) in [5, 5.41) is 0. The molecule has 1 aliphatic carbocycles. The molecular weight excluding hydrogens is 150 g/mol. The largest absolute Gasteiger partial charge is 0.342 e. The Labute approximate surface area is 72.2 Å². The normalized spacial score (nSPS) is 25.3. The van der Waals surface area contributed by atoms with Gasteiger partial charge in [0.1, 0.15) is 0 Å². The number of hydrogen-bond donors (Lipinski definition) is 0. The molecule has 1 saturated carbocycles. The van der Waals surface area contributed by atoms with E-state index in [0.717, 1.165) is 12.0 Å². The van der Waals surface area contributed by atoms with Crippen molar-refractivity contribution in [2.24, 2.45) is 5.41 Å². The molecule has 1 aliphatic rings. The Bertz CT molecular complexity index is 311. The van der Waals surface area contributed by atoms with Crippen LogP contribution in [0.1, 0.15) is 36.8 Å². The molecule has 1 heterocycles. The maximum atomic E-state index is 10.6. The first-order chi connectivity index (χ1) is 5.65. The Hall–Kier alpha value is -1.05. The Morgan fingerprint density at radius 1 is 1.67 bits per heavy atom. The Morgan fingerprint density at radius 3 is 2.83 bits per heavy atom. The van der Waals surface area contributed by atoms with Gasteiger partial charge in [0.05, 0.1) is 5.69 Å². The molecule has 0 saturated heterocycles. The monoisotopic (exact) mass is 163 g/mol. The molecule has 0 amide bonds. The molecule has 0 N–H and O–H groups in total. The highest BCUT2D eigenvalue weighted by atomic mass is 16.1. The van der Waals surface area contributed by atoms with Crippen LogP contribution in [-0.2, 0) is 0 Å². The molecule has 0 aromatic carbocycles. The molecule has 0 bridgehead atoms. The molecule has 12 heavy (non-hydrogen) atoms. The van der Waals surface area contributed by atoms with Crippen molar-refractivity contribution in [3.05, 3.63) is 24.0 Å². The van der Waals surface area contributed by atoms with Gasteiger partial charge >= 0.3 is 0 Å². The summed E-state index contributed by atoms with van der Waals surface area (Å²) in [5.41, 5.74) is 1.18. The van der Waals surface area contributed by atoms with Crippen molar-refractivity contribution >= 4 is 6.29 Å². The second-order valence-electron chi connectivity index (χ2n) is 4.17. The van der Waals surface area contributed by atoms with Gasteiger partial charge in [0.25, 0.3) is 0 Å². The van der Waals surface area contributed by atoms with Crippen LogP contribution in [0.5, 0.6) is 0 Å². The van der Waals surface area contributed by atoms with Crippen LogP contribution in [0.25, 0.3) is 0 Å². The molecule has 1 aromatic heterocycles. The van der Waals surface area contributed by atoms with Gasteiger partial charge < -0.3 is 4.57 Å². The molecule has 1 fully saturated rings. The van der Waals surface area contributed by atoms with Gasteiger partial charge in [0.15, 0.2) is 6.29 Å². The van der Waals surface area contributed by atoms with Gasteiger partial charge in [-0.3, -0.25) is 4.79 Å². The number of aldehydes is 1. The highest BCUT2D eigenvalue weighted by Gasteiger charge is 2.47. The van der Waals surface area contributed by atoms with E-state index in [1.54, 1.807) is 0 Å². The summed E-state index contributed by atoms with van der Waals surface area (Å²) < 4.78 is 2.08. The van der Waals surface area contributed by atoms with E-state index in [-0.39, 0.29) is 0 Å². The van der Waals surface area contributed by atoms with Crippen LogP contribution in [-0.4, -0.2) is 10.9 Å². The number of rotatable bonds is 2. The summed E-state index contributed by atoms with van der Waals surface area (Å²) in [7, 11) is 0. The molecule has 1 aromatic rings. The first-order valence-corrected chi connectivity index (χ1v) is 4.27. The van der Waals surface area contributed by atoms with E-state index in [0.29, 0.717) is 11.5 Å². The zero-order chi connectivity index (χ0) is 8.77. The second kappa shape index (κ2) is 2.22. The number of aromatic nitrogens is 1. The van der Waals surface area contributed by atoms with E-state index in [1.807, 2.05) is 18.3 Å². The molecule has 64 valence electrons. The summed E-state index contributed by atoms with van der Waals surface area (Å²) >= 11 is 0. The minimum Gasteiger partial charge on any atom is -0.342 e. The predicted molar refractivity (Wildman–Crippen MR) is 47.3 cm³/mol. The molecule has 0 radical (unpaired) electrons. The quantitative estimate of drug-likeness (QED) is 0.613. The van der Waals surface area contributed by atoms with Gasteiger partial charge in [-0.1, -0.05) is 13.8 Å². The number of carbonyl (C=O) groups is 1. The second-order valence-corrected chi connectivity index (χ2v) is 4.17. The number of carbonyl (C=O) groups excluding carboxylic acids is 1. The fourth-order valence-corrected chi connectivity index (χ4v) is 1.70. The van der Waals surface area contributed by atoms with Gasteiger partial charge in [-0.2, -0.15) is 0 Å². The zero-order valence-electron chi connectivity index (χ0n) is 7.45. The standard InChI is InChI=1S/C10H13NO/c1-10(2)6-9(10)11-5-3-4-8(11)7-12/h3-5,7,9H,6H2,1-2H3. The highest BCUT2D eigenvalue weighted by molar-refractivity contribution is 5.72. The van der Waals surface area contributed by atoms with Crippen molar-refractivity contribution in [1.29, 1.82) is 0 Å². The first kappa shape index (κ1) is 7.59. The van der Waals surface area contributed by atoms with Crippen LogP contribution in [0, 0.1) is 5.41 Å². The molecular formula is C10H13NO. The molecule has 2 heteroatoms. The lowest BCUT2D eigenvalue weighted by atomic mass is 10.2. The van der Waals surface area contributed by atoms with Crippen LogP contribution in [0.4, 0.5) is 0 Å². The topological polar surface area (TPSA) is 22.0 Å². The summed E-state index contributed by atoms with van der Waals surface area (Å²) in [6, 6.07) is 4.33. The van der Waals surface area contributed by atoms with Gasteiger partial charge in [-0.15, -0.1) is 0 Å². The maximum absolute atomic E-state index is 10.6. The van der Waals surface area contributed by atoms with E-state index < -0.39 is 0 Å². The highest BCUT2D eigenvalue weighted by Crippen LogP contribution is 2.55. The fraction of sp³-hybridized carbons (Fsp3) is 0.500. The van der Waals surface area contributed by atoms with E-state index >= 15 is 0 Å². The molecule has 2 rings (SSSR count). The van der Waals surface area contributed by atoms with Gasteiger partial charge in [-0.25, -0.2) is 0 Å². The van der Waals surface area contributed by atoms with Crippen LogP contribution in [0.15, 0.2) is 18.3 Å². The molecule has 1 atom stereocenters. The summed E-state index contributed by atoms with van der Waals surface area (Å²) in [6.45, 7) is 4.46. The van der Waals surface area contributed by atoms with Crippen molar-refractivity contribution in [2.75, 3.05) is 0 Å². The van der Waals surface area contributed by atoms with Crippen LogP contribution >= 0.6 is 0 Å². The third-order valence-electron chi connectivity index (χ3n) is 2.73. The minimum atomic E-state index is 0.386. The van der Waals surface area contributed by atoms with E-state index in [9.17, 15) is 4.79 Å². The zero-order valence-corrected chi connectivity index (χ0v) is 7.45. The smallest absolute Gasteiger partial charge is 0.166 e. The fourth-order valence-electron chi connectivity index (χ4n) is 1.70. The van der Waals surface area contributed by atoms with Crippen molar-refractivity contribution < 1.29 is 4.79 Å². The summed E-state index contributed by atoms with van der Waals surface area (Å²) in [5.74, 6) is 0. The van der Waals surface area contributed by atoms with Gasteiger partial charge in [0, 0.05) is 12.2 Å². The first-order valence-electron chi connectivity index (χ1n) is 4.27. The van der Waals surface area contributed by atoms with E-state index in [2.05, 4.69) is 18.4 Å². The third kappa shape index (κ3) is 0.986. The lowest BCUT2D eigenvalue weighted by Crippen LogP contribution is -2.02. The minimum absolute atomic E-state index is 0.386. The lowest BCUT2D eigenvalue weighted by molar-refractivity contribution is 0.111. The van der Waals surface area contributed by atoms with Crippen LogP contribution < -0.4 is 0 Å². The Morgan fingerprint density at radius 2 is 2.33 bits per heavy atom. The van der Waals surface area contributed by atoms with Crippen molar-refractivity contribution in [3.8, 4) is 0 Å². The average molecular weight is 163 g/mol. The van der Waals surface area contributed by atoms with Gasteiger partial charge in [-0.05, 0) is 24.0 Å². The predicted octanol–water partition coefficient (Wildman–Crippen LogP) is 2.27. The Kier molecular flexibility index (Phi) is 1.40. The van der Waals surface area contributed by atoms with Crippen molar-refractivity contribution in [1.82, 2.24) is 4.57 Å². The number of hydrogen-bond acceptors (Lipinski definition) is 1. The molecule has 2 nitrogen and oxygen atoms in total. The van der Waals surface area contributed by atoms with E-state index in [4.69, 9.17) is 0 Å². The van der Waals surface area contributed by atoms with Crippen LogP contribution in [0.2, 0.25) is 0 Å². The number of nitrogens with zero attached hydrogens (tertiary/aromatic N) is 1. The maximum Gasteiger partial charge on any atom is 0.166 e. The third-order valence-corrected chi connectivity index (χ3v) is 2.73. The molecule has 1 unspecified atom stereocenters. The summed E-state index contributed by atoms with van der Waals surface area (Å²) in [6.07, 6.45) is 4.10. The Balaban J connectivity index is 2.30.